The number of ether oxygens (including phenoxy) is 2. The quantitative estimate of drug-likeness (QED) is 0.790. The van der Waals surface area contributed by atoms with Crippen molar-refractivity contribution >= 4 is 17.6 Å². The number of aliphatic hydroxyl groups excluding tert-OH is 1. The third-order valence-corrected chi connectivity index (χ3v) is 4.97. The Morgan fingerprint density at radius 2 is 2.20 bits per heavy atom. The van der Waals surface area contributed by atoms with Crippen LogP contribution in [0.2, 0.25) is 0 Å². The summed E-state index contributed by atoms with van der Waals surface area (Å²) in [6, 6.07) is 1.57. The van der Waals surface area contributed by atoms with Gasteiger partial charge < -0.3 is 20.3 Å². The van der Waals surface area contributed by atoms with Crippen LogP contribution in [0, 0.1) is 0 Å². The Bertz CT molecular complexity index is 576. The molecule has 2 fully saturated rings. The molecule has 2 aliphatic rings. The monoisotopic (exact) mass is 299 g/mol. The van der Waals surface area contributed by atoms with Crippen molar-refractivity contribution in [3.63, 3.8) is 0 Å². The van der Waals surface area contributed by atoms with Crippen molar-refractivity contribution in [2.75, 3.05) is 12.3 Å². The fraction of sp³-hybridized carbons (Fsp3) is 0.667. The zero-order chi connectivity index (χ0) is 14.5. The largest absolute Gasteiger partial charge is 0.395 e. The van der Waals surface area contributed by atoms with E-state index in [0.717, 1.165) is 0 Å². The van der Waals surface area contributed by atoms with Crippen LogP contribution >= 0.6 is 11.8 Å². The van der Waals surface area contributed by atoms with Gasteiger partial charge in [-0.05, 0) is 19.9 Å². The molecule has 3 heterocycles. The molecule has 3 N–H and O–H groups in total. The summed E-state index contributed by atoms with van der Waals surface area (Å²) in [4.78, 5) is 15.7. The van der Waals surface area contributed by atoms with Crippen molar-refractivity contribution in [2.45, 2.75) is 42.5 Å². The molecule has 1 aromatic rings. The molecule has 0 saturated carbocycles. The molecule has 2 saturated heterocycles. The maximum Gasteiger partial charge on any atom is 0.350 e. The first-order valence-electron chi connectivity index (χ1n) is 6.38. The van der Waals surface area contributed by atoms with Gasteiger partial charge in [0.05, 0.1) is 11.9 Å². The Kier molecular flexibility index (Phi) is 3.28. The molecule has 0 spiro atoms. The first kappa shape index (κ1) is 13.9. The molecule has 0 aromatic carbocycles. The molecule has 3 rings (SSSR count). The average molecular weight is 299 g/mol. The molecule has 2 aliphatic heterocycles. The predicted octanol–water partition coefficient (Wildman–Crippen LogP) is -0.0481. The second kappa shape index (κ2) is 4.73. The first-order chi connectivity index (χ1) is 9.41. The third kappa shape index (κ3) is 2.22. The topological polar surface area (TPSA) is 99.6 Å². The fourth-order valence-corrected chi connectivity index (χ4v) is 4.12. The van der Waals surface area contributed by atoms with Crippen molar-refractivity contribution < 1.29 is 14.6 Å². The summed E-state index contributed by atoms with van der Waals surface area (Å²) in [5, 5.41) is 9.08. The smallest absolute Gasteiger partial charge is 0.350 e. The van der Waals surface area contributed by atoms with Crippen LogP contribution < -0.4 is 11.4 Å². The molecule has 8 heteroatoms. The van der Waals surface area contributed by atoms with Crippen LogP contribution in [0.1, 0.15) is 19.2 Å². The number of anilines is 1. The van der Waals surface area contributed by atoms with E-state index in [1.165, 1.54) is 16.3 Å². The highest BCUT2D eigenvalue weighted by Crippen LogP contribution is 2.50. The lowest BCUT2D eigenvalue weighted by atomic mass is 10.1. The van der Waals surface area contributed by atoms with Gasteiger partial charge in [0, 0.05) is 6.20 Å². The summed E-state index contributed by atoms with van der Waals surface area (Å²) in [7, 11) is 0. The first-order valence-corrected chi connectivity index (χ1v) is 7.32. The van der Waals surface area contributed by atoms with Crippen molar-refractivity contribution in [2.24, 2.45) is 0 Å². The van der Waals surface area contributed by atoms with Gasteiger partial charge in [0.1, 0.15) is 23.4 Å². The Morgan fingerprint density at radius 3 is 2.85 bits per heavy atom. The summed E-state index contributed by atoms with van der Waals surface area (Å²) >= 11 is 1.46. The number of hydrogen-bond acceptors (Lipinski definition) is 7. The molecule has 0 amide bonds. The lowest BCUT2D eigenvalue weighted by Crippen LogP contribution is -2.34. The van der Waals surface area contributed by atoms with E-state index in [9.17, 15) is 9.90 Å². The molecule has 110 valence electrons. The highest BCUT2D eigenvalue weighted by atomic mass is 32.2. The van der Waals surface area contributed by atoms with E-state index < -0.39 is 11.5 Å². The van der Waals surface area contributed by atoms with E-state index in [1.807, 2.05) is 13.8 Å². The number of nitrogen functional groups attached to an aromatic ring is 1. The van der Waals surface area contributed by atoms with Crippen LogP contribution in [0.15, 0.2) is 17.1 Å². The van der Waals surface area contributed by atoms with Gasteiger partial charge in [-0.25, -0.2) is 4.79 Å². The van der Waals surface area contributed by atoms with Gasteiger partial charge in [-0.2, -0.15) is 4.98 Å². The van der Waals surface area contributed by atoms with E-state index in [1.54, 1.807) is 12.3 Å². The van der Waals surface area contributed by atoms with Crippen LogP contribution in [0.3, 0.4) is 0 Å². The Labute approximate surface area is 120 Å². The molecule has 1 aromatic heterocycles. The van der Waals surface area contributed by atoms with E-state index in [4.69, 9.17) is 15.2 Å². The number of aromatic nitrogens is 2. The van der Waals surface area contributed by atoms with Gasteiger partial charge in [-0.15, -0.1) is 11.8 Å². The summed E-state index contributed by atoms with van der Waals surface area (Å²) in [6.45, 7) is 3.62. The lowest BCUT2D eigenvalue weighted by Gasteiger charge is -2.23. The van der Waals surface area contributed by atoms with Gasteiger partial charge in [0.25, 0.3) is 0 Å². The van der Waals surface area contributed by atoms with Crippen molar-refractivity contribution in [3.8, 4) is 0 Å². The van der Waals surface area contributed by atoms with Crippen LogP contribution in [-0.4, -0.2) is 44.5 Å². The van der Waals surface area contributed by atoms with E-state index in [2.05, 4.69) is 4.98 Å². The van der Waals surface area contributed by atoms with E-state index >= 15 is 0 Å². The lowest BCUT2D eigenvalue weighted by molar-refractivity contribution is -0.149. The summed E-state index contributed by atoms with van der Waals surface area (Å²) in [5.41, 5.74) is 5.08. The Morgan fingerprint density at radius 1 is 1.50 bits per heavy atom. The molecule has 20 heavy (non-hydrogen) atoms. The predicted molar refractivity (Wildman–Crippen MR) is 74.2 cm³/mol. The van der Waals surface area contributed by atoms with Crippen molar-refractivity contribution in [3.05, 3.63) is 22.7 Å². The summed E-state index contributed by atoms with van der Waals surface area (Å²) in [6.07, 6.45) is 1.07. The molecule has 7 nitrogen and oxygen atoms in total. The van der Waals surface area contributed by atoms with E-state index in [-0.39, 0.29) is 35.3 Å². The maximum atomic E-state index is 12.0. The van der Waals surface area contributed by atoms with Gasteiger partial charge in [0.15, 0.2) is 5.79 Å². The minimum Gasteiger partial charge on any atom is -0.395 e. The minimum atomic E-state index is -0.715. The fourth-order valence-electron chi connectivity index (χ4n) is 2.65. The molecule has 4 unspecified atom stereocenters. The van der Waals surface area contributed by atoms with Crippen LogP contribution in [-0.2, 0) is 9.47 Å². The van der Waals surface area contributed by atoms with Crippen molar-refractivity contribution in [1.29, 1.82) is 0 Å². The normalized spacial score (nSPS) is 35.1. The molecular formula is C12H17N3O4S. The molecule has 0 bridgehead atoms. The van der Waals surface area contributed by atoms with Crippen LogP contribution in [0.5, 0.6) is 0 Å². The molecular weight excluding hydrogens is 282 g/mol. The van der Waals surface area contributed by atoms with E-state index in [0.29, 0.717) is 0 Å². The van der Waals surface area contributed by atoms with Crippen molar-refractivity contribution in [1.82, 2.24) is 9.55 Å². The Hall–Kier alpha value is -1.09. The van der Waals surface area contributed by atoms with Gasteiger partial charge in [-0.1, -0.05) is 0 Å². The summed E-state index contributed by atoms with van der Waals surface area (Å²) in [5.74, 6) is -0.527. The number of fused-ring (bicyclic) bond motifs is 1. The number of nitrogens with zero attached hydrogens (tertiary/aromatic N) is 2. The number of hydrogen-bond donors (Lipinski definition) is 2. The Balaban J connectivity index is 1.96. The zero-order valence-corrected chi connectivity index (χ0v) is 12.0. The average Bonchev–Trinajstić information content (AvgIpc) is 2.83. The maximum absolute atomic E-state index is 12.0. The standard InChI is InChI=1S/C12H17N3O4S/c1-12(2)18-8-6(5-16)20-10(9(8)19-12)15-4-3-7(13)14-11(15)17/h3-4,6,8-10,16H,5H2,1-2H3,(H2,13,14,17). The molecule has 0 radical (unpaired) electrons. The second-order valence-electron chi connectivity index (χ2n) is 5.35. The molecule has 0 aliphatic carbocycles. The highest BCUT2D eigenvalue weighted by molar-refractivity contribution is 8.00. The zero-order valence-electron chi connectivity index (χ0n) is 11.2. The third-order valence-electron chi connectivity index (χ3n) is 3.43. The number of thioether (sulfide) groups is 1. The van der Waals surface area contributed by atoms with Gasteiger partial charge in [0.2, 0.25) is 0 Å². The highest BCUT2D eigenvalue weighted by Gasteiger charge is 2.55. The SMILES string of the molecule is CC1(C)OC2C(CO)SC(n3ccc(N)nc3=O)C2O1. The van der Waals surface area contributed by atoms with Gasteiger partial charge >= 0.3 is 5.69 Å². The van der Waals surface area contributed by atoms with Crippen LogP contribution in [0.25, 0.3) is 0 Å². The van der Waals surface area contributed by atoms with Gasteiger partial charge in [-0.3, -0.25) is 4.57 Å². The number of nitrogens with two attached hydrogens (primary N) is 1. The summed E-state index contributed by atoms with van der Waals surface area (Å²) < 4.78 is 13.2. The molecule has 4 atom stereocenters. The van der Waals surface area contributed by atoms with Crippen LogP contribution in [0.4, 0.5) is 5.82 Å². The number of aliphatic hydroxyl groups is 1. The minimum absolute atomic E-state index is 0.0288. The second-order valence-corrected chi connectivity index (χ2v) is 6.72. The number of rotatable bonds is 2.